The van der Waals surface area contributed by atoms with Crippen molar-refractivity contribution in [3.05, 3.63) is 23.8 Å². The smallest absolute Gasteiger partial charge is 0.322 e. The van der Waals surface area contributed by atoms with Crippen molar-refractivity contribution < 1.29 is 19.1 Å². The number of carbonyl (C=O) groups excluding carboxylic acids is 2. The highest BCUT2D eigenvalue weighted by molar-refractivity contribution is 5.91. The van der Waals surface area contributed by atoms with Crippen LogP contribution in [0.1, 0.15) is 32.8 Å². The minimum absolute atomic E-state index is 0.0312. The SMILES string of the molecule is COCC(=O)N1CCCN(C(=O)Nc2cc(C(C)(C)C)ccc2OC)CC1. The molecule has 1 aliphatic rings. The first kappa shape index (κ1) is 21.0. The van der Waals surface area contributed by atoms with E-state index in [4.69, 9.17) is 9.47 Å². The van der Waals surface area contributed by atoms with Crippen molar-refractivity contribution in [3.8, 4) is 5.75 Å². The van der Waals surface area contributed by atoms with Crippen molar-refractivity contribution in [3.63, 3.8) is 0 Å². The molecule has 0 saturated carbocycles. The van der Waals surface area contributed by atoms with Gasteiger partial charge in [-0.25, -0.2) is 4.79 Å². The number of benzene rings is 1. The number of rotatable bonds is 4. The summed E-state index contributed by atoms with van der Waals surface area (Å²) in [6.07, 6.45) is 0.738. The first-order chi connectivity index (χ1) is 12.8. The summed E-state index contributed by atoms with van der Waals surface area (Å²) in [5.74, 6) is 0.586. The van der Waals surface area contributed by atoms with Gasteiger partial charge in [-0.15, -0.1) is 0 Å². The fraction of sp³-hybridized carbons (Fsp3) is 0.600. The molecule has 0 radical (unpaired) electrons. The maximum absolute atomic E-state index is 12.8. The number of amides is 3. The van der Waals surface area contributed by atoms with Gasteiger partial charge in [0.2, 0.25) is 5.91 Å². The van der Waals surface area contributed by atoms with Gasteiger partial charge in [0, 0.05) is 33.3 Å². The summed E-state index contributed by atoms with van der Waals surface area (Å²) < 4.78 is 10.3. The quantitative estimate of drug-likeness (QED) is 0.876. The molecule has 1 N–H and O–H groups in total. The van der Waals surface area contributed by atoms with Crippen molar-refractivity contribution in [2.75, 3.05) is 52.3 Å². The number of methoxy groups -OCH3 is 2. The molecule has 1 aliphatic heterocycles. The molecule has 0 bridgehead atoms. The first-order valence-corrected chi connectivity index (χ1v) is 9.27. The second-order valence-corrected chi connectivity index (χ2v) is 7.75. The summed E-state index contributed by atoms with van der Waals surface area (Å²) in [4.78, 5) is 28.3. The number of ether oxygens (including phenoxy) is 2. The Morgan fingerprint density at radius 1 is 1.07 bits per heavy atom. The predicted molar refractivity (Wildman–Crippen MR) is 105 cm³/mol. The number of carbonyl (C=O) groups is 2. The van der Waals surface area contributed by atoms with Gasteiger partial charge >= 0.3 is 6.03 Å². The third-order valence-electron chi connectivity index (χ3n) is 4.71. The number of anilines is 1. The van der Waals surface area contributed by atoms with E-state index in [2.05, 4.69) is 26.1 Å². The van der Waals surface area contributed by atoms with Crippen LogP contribution in [-0.2, 0) is 14.9 Å². The van der Waals surface area contributed by atoms with Crippen molar-refractivity contribution in [1.82, 2.24) is 9.80 Å². The summed E-state index contributed by atoms with van der Waals surface area (Å²) in [5.41, 5.74) is 1.74. The van der Waals surface area contributed by atoms with Gasteiger partial charge in [0.15, 0.2) is 0 Å². The van der Waals surface area contributed by atoms with Crippen LogP contribution >= 0.6 is 0 Å². The molecule has 0 unspecified atom stereocenters. The summed E-state index contributed by atoms with van der Waals surface area (Å²) >= 11 is 0. The lowest BCUT2D eigenvalue weighted by Gasteiger charge is -2.24. The highest BCUT2D eigenvalue weighted by Gasteiger charge is 2.23. The second kappa shape index (κ2) is 9.08. The molecule has 3 amide bonds. The van der Waals surface area contributed by atoms with Gasteiger partial charge < -0.3 is 24.6 Å². The Bertz CT molecular complexity index is 670. The lowest BCUT2D eigenvalue weighted by molar-refractivity contribution is -0.134. The molecule has 7 heteroatoms. The van der Waals surface area contributed by atoms with Gasteiger partial charge in [0.25, 0.3) is 0 Å². The number of nitrogens with zero attached hydrogens (tertiary/aromatic N) is 2. The van der Waals surface area contributed by atoms with E-state index in [9.17, 15) is 9.59 Å². The largest absolute Gasteiger partial charge is 0.495 e. The molecule has 1 aromatic rings. The van der Waals surface area contributed by atoms with Gasteiger partial charge in [-0.2, -0.15) is 0 Å². The monoisotopic (exact) mass is 377 g/mol. The van der Waals surface area contributed by atoms with E-state index in [1.54, 1.807) is 16.9 Å². The standard InChI is InChI=1S/C20H31N3O4/c1-20(2,3)15-7-8-17(27-5)16(13-15)21-19(25)23-10-6-9-22(11-12-23)18(24)14-26-4/h7-8,13H,6,9-12,14H2,1-5H3,(H,21,25). The van der Waals surface area contributed by atoms with Crippen molar-refractivity contribution in [2.45, 2.75) is 32.6 Å². The lowest BCUT2D eigenvalue weighted by atomic mass is 9.87. The Labute approximate surface area is 161 Å². The highest BCUT2D eigenvalue weighted by Crippen LogP contribution is 2.31. The Kier molecular flexibility index (Phi) is 7.07. The van der Waals surface area contributed by atoms with Gasteiger partial charge in [0.1, 0.15) is 12.4 Å². The van der Waals surface area contributed by atoms with Gasteiger partial charge in [-0.05, 0) is 29.5 Å². The van der Waals surface area contributed by atoms with Gasteiger partial charge in [0.05, 0.1) is 12.8 Å². The van der Waals surface area contributed by atoms with Crippen molar-refractivity contribution in [2.24, 2.45) is 0 Å². The van der Waals surface area contributed by atoms with Gasteiger partial charge in [-0.1, -0.05) is 26.8 Å². The van der Waals surface area contributed by atoms with Crippen LogP contribution in [-0.4, -0.2) is 68.7 Å². The molecule has 1 heterocycles. The topological polar surface area (TPSA) is 71.1 Å². The van der Waals surface area contributed by atoms with Crippen LogP contribution in [0, 0.1) is 0 Å². The Morgan fingerprint density at radius 2 is 1.74 bits per heavy atom. The minimum atomic E-state index is -0.180. The zero-order chi connectivity index (χ0) is 20.0. The number of hydrogen-bond acceptors (Lipinski definition) is 4. The number of nitrogens with one attached hydrogen (secondary N) is 1. The maximum Gasteiger partial charge on any atom is 0.322 e. The number of hydrogen-bond donors (Lipinski definition) is 1. The maximum atomic E-state index is 12.8. The molecule has 2 rings (SSSR count). The van der Waals surface area contributed by atoms with Crippen LogP contribution in [0.2, 0.25) is 0 Å². The summed E-state index contributed by atoms with van der Waals surface area (Å²) in [5, 5.41) is 2.97. The van der Waals surface area contributed by atoms with Crippen molar-refractivity contribution >= 4 is 17.6 Å². The van der Waals surface area contributed by atoms with E-state index in [0.717, 1.165) is 12.0 Å². The summed E-state index contributed by atoms with van der Waals surface area (Å²) in [6, 6.07) is 5.67. The zero-order valence-corrected chi connectivity index (χ0v) is 17.0. The molecule has 0 aliphatic carbocycles. The molecule has 0 aromatic heterocycles. The second-order valence-electron chi connectivity index (χ2n) is 7.75. The van der Waals surface area contributed by atoms with E-state index in [0.29, 0.717) is 37.6 Å². The normalized spacial score (nSPS) is 15.3. The molecule has 1 fully saturated rings. The zero-order valence-electron chi connectivity index (χ0n) is 17.0. The van der Waals surface area contributed by atoms with Crippen LogP contribution in [0.15, 0.2) is 18.2 Å². The van der Waals surface area contributed by atoms with E-state index in [1.807, 2.05) is 18.2 Å². The summed E-state index contributed by atoms with van der Waals surface area (Å²) in [6.45, 7) is 8.68. The fourth-order valence-electron chi connectivity index (χ4n) is 3.05. The summed E-state index contributed by atoms with van der Waals surface area (Å²) in [7, 11) is 3.10. The van der Waals surface area contributed by atoms with Crippen LogP contribution in [0.3, 0.4) is 0 Å². The molecular formula is C20H31N3O4. The Morgan fingerprint density at radius 3 is 2.37 bits per heavy atom. The van der Waals surface area contributed by atoms with Crippen LogP contribution in [0.25, 0.3) is 0 Å². The lowest BCUT2D eigenvalue weighted by Crippen LogP contribution is -2.40. The molecule has 0 atom stereocenters. The van der Waals surface area contributed by atoms with E-state index < -0.39 is 0 Å². The third-order valence-corrected chi connectivity index (χ3v) is 4.71. The molecule has 1 saturated heterocycles. The highest BCUT2D eigenvalue weighted by atomic mass is 16.5. The molecule has 27 heavy (non-hydrogen) atoms. The molecule has 150 valence electrons. The minimum Gasteiger partial charge on any atom is -0.495 e. The molecule has 7 nitrogen and oxygen atoms in total. The predicted octanol–water partition coefficient (Wildman–Crippen LogP) is 2.71. The fourth-order valence-corrected chi connectivity index (χ4v) is 3.05. The Balaban J connectivity index is 2.07. The number of urea groups is 1. The molecule has 0 spiro atoms. The van der Waals surface area contributed by atoms with E-state index in [-0.39, 0.29) is 24.0 Å². The van der Waals surface area contributed by atoms with Gasteiger partial charge in [-0.3, -0.25) is 4.79 Å². The van der Waals surface area contributed by atoms with Crippen LogP contribution in [0.5, 0.6) is 5.75 Å². The Hall–Kier alpha value is -2.28. The van der Waals surface area contributed by atoms with E-state index in [1.165, 1.54) is 7.11 Å². The average Bonchev–Trinajstić information content (AvgIpc) is 2.87. The van der Waals surface area contributed by atoms with Crippen molar-refractivity contribution in [1.29, 1.82) is 0 Å². The van der Waals surface area contributed by atoms with E-state index >= 15 is 0 Å². The average molecular weight is 377 g/mol. The van der Waals surface area contributed by atoms with Crippen LogP contribution < -0.4 is 10.1 Å². The van der Waals surface area contributed by atoms with Crippen LogP contribution in [0.4, 0.5) is 10.5 Å². The first-order valence-electron chi connectivity index (χ1n) is 9.27. The molecular weight excluding hydrogens is 346 g/mol. The third kappa shape index (κ3) is 5.60. The molecule has 1 aromatic carbocycles.